The van der Waals surface area contributed by atoms with Crippen molar-refractivity contribution >= 4 is 5.69 Å². The van der Waals surface area contributed by atoms with Gasteiger partial charge in [0, 0.05) is 5.56 Å². The van der Waals surface area contributed by atoms with Crippen LogP contribution in [0, 0.1) is 13.8 Å². The number of nitrogens with one attached hydrogen (secondary N) is 1. The molecule has 1 atom stereocenters. The van der Waals surface area contributed by atoms with Crippen molar-refractivity contribution in [1.82, 2.24) is 0 Å². The summed E-state index contributed by atoms with van der Waals surface area (Å²) in [7, 11) is 0. The molecule has 0 aliphatic rings. The first-order chi connectivity index (χ1) is 8.04. The molecule has 1 aromatic heterocycles. The minimum atomic E-state index is -0.427. The van der Waals surface area contributed by atoms with Gasteiger partial charge in [-0.2, -0.15) is 0 Å². The van der Waals surface area contributed by atoms with Gasteiger partial charge in [0.1, 0.15) is 11.5 Å². The predicted octanol–water partition coefficient (Wildman–Crippen LogP) is 2.06. The smallest absolute Gasteiger partial charge is 0.249 e. The molecule has 1 aromatic carbocycles. The molecule has 0 aliphatic carbocycles. The van der Waals surface area contributed by atoms with Gasteiger partial charge in [-0.25, -0.2) is 0 Å². The van der Waals surface area contributed by atoms with Crippen LogP contribution in [-0.4, -0.2) is 0 Å². The highest BCUT2D eigenvalue weighted by atomic mass is 16.3. The zero-order valence-corrected chi connectivity index (χ0v) is 10.2. The molecule has 4 nitrogen and oxygen atoms in total. The molecule has 0 unspecified atom stereocenters. The monoisotopic (exact) mass is 233 g/mol. The van der Waals surface area contributed by atoms with Crippen LogP contribution < -0.4 is 16.2 Å². The van der Waals surface area contributed by atoms with E-state index in [1.807, 2.05) is 26.0 Å². The van der Waals surface area contributed by atoms with Crippen molar-refractivity contribution in [3.8, 4) is 0 Å². The Morgan fingerprint density at radius 2 is 1.94 bits per heavy atom. The molecule has 0 spiro atoms. The number of hydrogen-bond acceptors (Lipinski definition) is 4. The summed E-state index contributed by atoms with van der Waals surface area (Å²) in [5.74, 6) is 1.62. The van der Waals surface area contributed by atoms with Crippen LogP contribution >= 0.6 is 0 Å². The SMILES string of the molecule is CC[C@@H](Nc1c(C)c(=O)c1=O)c1ccc(C)o1. The Labute approximate surface area is 99.0 Å². The van der Waals surface area contributed by atoms with Gasteiger partial charge in [0.05, 0.1) is 11.7 Å². The average Bonchev–Trinajstić information content (AvgIpc) is 2.75. The molecule has 4 heteroatoms. The number of furan rings is 1. The summed E-state index contributed by atoms with van der Waals surface area (Å²) in [6, 6.07) is 3.71. The molecule has 17 heavy (non-hydrogen) atoms. The van der Waals surface area contributed by atoms with Crippen LogP contribution in [0.25, 0.3) is 0 Å². The van der Waals surface area contributed by atoms with Gasteiger partial charge in [0.15, 0.2) is 0 Å². The Morgan fingerprint density at radius 1 is 1.24 bits per heavy atom. The normalized spacial score (nSPS) is 12.9. The van der Waals surface area contributed by atoms with Gasteiger partial charge in [0.25, 0.3) is 0 Å². The fraction of sp³-hybridized carbons (Fsp3) is 0.385. The summed E-state index contributed by atoms with van der Waals surface area (Å²) < 4.78 is 5.52. The van der Waals surface area contributed by atoms with E-state index in [-0.39, 0.29) is 6.04 Å². The molecule has 2 rings (SSSR count). The maximum atomic E-state index is 11.4. The molecule has 0 bridgehead atoms. The third kappa shape index (κ3) is 1.90. The lowest BCUT2D eigenvalue weighted by molar-refractivity contribution is 0.452. The van der Waals surface area contributed by atoms with Crippen molar-refractivity contribution in [3.63, 3.8) is 0 Å². The summed E-state index contributed by atoms with van der Waals surface area (Å²) in [6.45, 7) is 5.53. The van der Waals surface area contributed by atoms with Gasteiger partial charge in [-0.3, -0.25) is 9.59 Å². The van der Waals surface area contributed by atoms with E-state index in [1.54, 1.807) is 6.92 Å². The quantitative estimate of drug-likeness (QED) is 0.821. The fourth-order valence-electron chi connectivity index (χ4n) is 1.87. The van der Waals surface area contributed by atoms with Crippen molar-refractivity contribution in [2.24, 2.45) is 0 Å². The van der Waals surface area contributed by atoms with Crippen molar-refractivity contribution in [2.45, 2.75) is 33.2 Å². The van der Waals surface area contributed by atoms with Crippen molar-refractivity contribution in [1.29, 1.82) is 0 Å². The lowest BCUT2D eigenvalue weighted by Crippen LogP contribution is -2.37. The molecular formula is C13H15NO3. The predicted molar refractivity (Wildman–Crippen MR) is 66.2 cm³/mol. The van der Waals surface area contributed by atoms with Crippen molar-refractivity contribution in [2.75, 3.05) is 5.32 Å². The highest BCUT2D eigenvalue weighted by Crippen LogP contribution is 2.23. The van der Waals surface area contributed by atoms with Crippen LogP contribution in [0.2, 0.25) is 0 Å². The lowest BCUT2D eigenvalue weighted by atomic mass is 10.1. The van der Waals surface area contributed by atoms with E-state index in [0.29, 0.717) is 11.3 Å². The van der Waals surface area contributed by atoms with E-state index >= 15 is 0 Å². The van der Waals surface area contributed by atoms with Crippen LogP contribution in [0.3, 0.4) is 0 Å². The van der Waals surface area contributed by atoms with Crippen LogP contribution in [-0.2, 0) is 0 Å². The van der Waals surface area contributed by atoms with E-state index in [4.69, 9.17) is 4.42 Å². The Bertz CT molecular complexity index is 602. The molecule has 0 amide bonds. The molecule has 1 N–H and O–H groups in total. The second kappa shape index (κ2) is 4.20. The van der Waals surface area contributed by atoms with Gasteiger partial charge in [0.2, 0.25) is 10.9 Å². The van der Waals surface area contributed by atoms with E-state index in [9.17, 15) is 9.59 Å². The summed E-state index contributed by atoms with van der Waals surface area (Å²) in [4.78, 5) is 22.5. The minimum Gasteiger partial charge on any atom is -0.464 e. The first-order valence-electron chi connectivity index (χ1n) is 5.67. The zero-order valence-electron chi connectivity index (χ0n) is 10.2. The third-order valence-corrected chi connectivity index (χ3v) is 2.98. The van der Waals surface area contributed by atoms with E-state index < -0.39 is 10.9 Å². The van der Waals surface area contributed by atoms with Crippen LogP contribution in [0.1, 0.15) is 36.5 Å². The Kier molecular flexibility index (Phi) is 2.88. The Morgan fingerprint density at radius 3 is 2.41 bits per heavy atom. The van der Waals surface area contributed by atoms with Gasteiger partial charge in [-0.05, 0) is 32.4 Å². The standard InChI is InChI=1S/C13H15NO3/c1-4-9(10-6-5-7(2)17-10)14-11-8(3)12(15)13(11)16/h5-6,9,14H,4H2,1-3H3/t9-/m1/s1. The molecule has 1 heterocycles. The summed E-state index contributed by atoms with van der Waals surface area (Å²) >= 11 is 0. The highest BCUT2D eigenvalue weighted by molar-refractivity contribution is 5.56. The molecule has 0 fully saturated rings. The van der Waals surface area contributed by atoms with E-state index in [1.165, 1.54) is 0 Å². The molecule has 0 saturated carbocycles. The number of hydrogen-bond donors (Lipinski definition) is 1. The highest BCUT2D eigenvalue weighted by Gasteiger charge is 2.21. The fourth-order valence-corrected chi connectivity index (χ4v) is 1.87. The third-order valence-electron chi connectivity index (χ3n) is 2.98. The van der Waals surface area contributed by atoms with Gasteiger partial charge >= 0.3 is 0 Å². The van der Waals surface area contributed by atoms with Gasteiger partial charge < -0.3 is 9.73 Å². The second-order valence-electron chi connectivity index (χ2n) is 4.21. The van der Waals surface area contributed by atoms with Gasteiger partial charge in [-0.1, -0.05) is 6.92 Å². The molecule has 2 aromatic rings. The van der Waals surface area contributed by atoms with Crippen LogP contribution in [0.4, 0.5) is 5.69 Å². The number of anilines is 1. The minimum absolute atomic E-state index is 0.0642. The summed E-state index contributed by atoms with van der Waals surface area (Å²) in [6.07, 6.45) is 0.783. The second-order valence-corrected chi connectivity index (χ2v) is 4.21. The zero-order chi connectivity index (χ0) is 12.6. The molecule has 0 radical (unpaired) electrons. The molecule has 90 valence electrons. The van der Waals surface area contributed by atoms with Crippen molar-refractivity contribution in [3.05, 3.63) is 49.7 Å². The number of rotatable bonds is 4. The van der Waals surface area contributed by atoms with E-state index in [2.05, 4.69) is 5.32 Å². The maximum absolute atomic E-state index is 11.4. The Hall–Kier alpha value is -1.84. The number of aryl methyl sites for hydroxylation is 1. The Balaban J connectivity index is 2.22. The molecular weight excluding hydrogens is 218 g/mol. The van der Waals surface area contributed by atoms with Gasteiger partial charge in [-0.15, -0.1) is 0 Å². The largest absolute Gasteiger partial charge is 0.464 e. The summed E-state index contributed by atoms with van der Waals surface area (Å²) in [5, 5.41) is 3.08. The average molecular weight is 233 g/mol. The topological polar surface area (TPSA) is 59.3 Å². The van der Waals surface area contributed by atoms with Crippen LogP contribution in [0.15, 0.2) is 26.1 Å². The lowest BCUT2D eigenvalue weighted by Gasteiger charge is -2.18. The van der Waals surface area contributed by atoms with Crippen molar-refractivity contribution < 1.29 is 4.42 Å². The first-order valence-corrected chi connectivity index (χ1v) is 5.67. The summed E-state index contributed by atoms with van der Waals surface area (Å²) in [5.41, 5.74) is 0.120. The molecule has 0 saturated heterocycles. The van der Waals surface area contributed by atoms with E-state index in [0.717, 1.165) is 17.9 Å². The first kappa shape index (κ1) is 11.6. The molecule has 0 aliphatic heterocycles. The maximum Gasteiger partial charge on any atom is 0.249 e. The van der Waals surface area contributed by atoms with Crippen LogP contribution in [0.5, 0.6) is 0 Å².